The molecule has 4 nitrogen and oxygen atoms in total. The highest BCUT2D eigenvalue weighted by atomic mass is 16.1. The van der Waals surface area contributed by atoms with E-state index in [1.165, 1.54) is 18.4 Å². The van der Waals surface area contributed by atoms with Crippen molar-refractivity contribution in [2.24, 2.45) is 5.92 Å². The Bertz CT molecular complexity index is 382. The van der Waals surface area contributed by atoms with Gasteiger partial charge in [-0.25, -0.2) is 0 Å². The summed E-state index contributed by atoms with van der Waals surface area (Å²) in [5, 5.41) is 6.16. The fraction of sp³-hybridized carbons (Fsp3) is 0.615. The van der Waals surface area contributed by atoms with Crippen molar-refractivity contribution in [3.63, 3.8) is 0 Å². The minimum absolute atomic E-state index is 0.0403. The highest BCUT2D eigenvalue weighted by molar-refractivity contribution is 5.75. The van der Waals surface area contributed by atoms with Crippen LogP contribution in [0.2, 0.25) is 0 Å². The molecule has 1 aromatic rings. The predicted molar refractivity (Wildman–Crippen MR) is 67.6 cm³/mol. The number of carbonyl (C=O) groups is 1. The quantitative estimate of drug-likeness (QED) is 0.780. The van der Waals surface area contributed by atoms with Gasteiger partial charge < -0.3 is 15.2 Å². The van der Waals surface area contributed by atoms with E-state index in [2.05, 4.69) is 29.8 Å². The Morgan fingerprint density at radius 1 is 1.59 bits per heavy atom. The number of amides is 1. The largest absolute Gasteiger partial charge is 0.358 e. The topological polar surface area (TPSA) is 46.1 Å². The number of hydrogen-bond donors (Lipinski definition) is 2. The Morgan fingerprint density at radius 3 is 2.94 bits per heavy atom. The minimum atomic E-state index is 0.0403. The summed E-state index contributed by atoms with van der Waals surface area (Å²) >= 11 is 0. The van der Waals surface area contributed by atoms with Gasteiger partial charge in [0, 0.05) is 25.5 Å². The molecule has 0 spiro atoms. The van der Waals surface area contributed by atoms with E-state index in [1.807, 2.05) is 10.8 Å². The molecule has 0 aliphatic heterocycles. The predicted octanol–water partition coefficient (Wildman–Crippen LogP) is 1.29. The van der Waals surface area contributed by atoms with Gasteiger partial charge >= 0.3 is 0 Å². The van der Waals surface area contributed by atoms with Gasteiger partial charge in [0.1, 0.15) is 6.54 Å². The fourth-order valence-electron chi connectivity index (χ4n) is 2.19. The van der Waals surface area contributed by atoms with Crippen LogP contribution in [0.15, 0.2) is 18.5 Å². The first-order valence-electron chi connectivity index (χ1n) is 6.34. The maximum atomic E-state index is 11.3. The lowest BCUT2D eigenvalue weighted by Gasteiger charge is -2.15. The van der Waals surface area contributed by atoms with Crippen molar-refractivity contribution in [3.05, 3.63) is 24.0 Å². The van der Waals surface area contributed by atoms with E-state index < -0.39 is 0 Å². The molecule has 2 N–H and O–H groups in total. The molecule has 1 aliphatic rings. The average molecular weight is 235 g/mol. The summed E-state index contributed by atoms with van der Waals surface area (Å²) in [6, 6.07) is 2.58. The Balaban J connectivity index is 2.02. The zero-order valence-electron chi connectivity index (χ0n) is 10.6. The summed E-state index contributed by atoms with van der Waals surface area (Å²) < 4.78 is 1.95. The highest BCUT2D eigenvalue weighted by Gasteiger charge is 2.32. The van der Waals surface area contributed by atoms with Gasteiger partial charge in [-0.2, -0.15) is 0 Å². The zero-order valence-corrected chi connectivity index (χ0v) is 10.6. The molecule has 1 unspecified atom stereocenters. The van der Waals surface area contributed by atoms with Gasteiger partial charge in [0.2, 0.25) is 5.91 Å². The van der Waals surface area contributed by atoms with E-state index in [0.29, 0.717) is 12.6 Å². The average Bonchev–Trinajstić information content (AvgIpc) is 3.06. The van der Waals surface area contributed by atoms with Crippen molar-refractivity contribution < 1.29 is 4.79 Å². The van der Waals surface area contributed by atoms with Crippen molar-refractivity contribution in [2.75, 3.05) is 13.6 Å². The summed E-state index contributed by atoms with van der Waals surface area (Å²) in [6.07, 6.45) is 6.70. The van der Waals surface area contributed by atoms with Gasteiger partial charge in [0.15, 0.2) is 0 Å². The molecule has 1 amide bonds. The van der Waals surface area contributed by atoms with Crippen LogP contribution in [0.5, 0.6) is 0 Å². The van der Waals surface area contributed by atoms with Crippen LogP contribution in [0.3, 0.4) is 0 Å². The molecule has 1 fully saturated rings. The zero-order chi connectivity index (χ0) is 12.3. The molecule has 1 heterocycles. The number of rotatable bonds is 6. The van der Waals surface area contributed by atoms with Gasteiger partial charge in [-0.3, -0.25) is 4.79 Å². The first-order chi connectivity index (χ1) is 8.24. The first-order valence-corrected chi connectivity index (χ1v) is 6.34. The highest BCUT2D eigenvalue weighted by Crippen LogP contribution is 2.40. The monoisotopic (exact) mass is 235 g/mol. The second kappa shape index (κ2) is 5.36. The molecule has 0 radical (unpaired) electrons. The molecule has 0 bridgehead atoms. The molecular formula is C13H21N3O. The second-order valence-electron chi connectivity index (χ2n) is 4.66. The van der Waals surface area contributed by atoms with Crippen molar-refractivity contribution in [1.82, 2.24) is 15.2 Å². The van der Waals surface area contributed by atoms with Crippen LogP contribution in [0, 0.1) is 5.92 Å². The number of hydrogen-bond acceptors (Lipinski definition) is 2. The van der Waals surface area contributed by atoms with Crippen LogP contribution in [0.25, 0.3) is 0 Å². The molecule has 17 heavy (non-hydrogen) atoms. The van der Waals surface area contributed by atoms with Crippen LogP contribution >= 0.6 is 0 Å². The van der Waals surface area contributed by atoms with E-state index in [9.17, 15) is 4.79 Å². The van der Waals surface area contributed by atoms with Crippen molar-refractivity contribution in [3.8, 4) is 0 Å². The smallest absolute Gasteiger partial charge is 0.239 e. The molecule has 0 saturated heterocycles. The normalized spacial score (nSPS) is 16.8. The maximum absolute atomic E-state index is 11.3. The van der Waals surface area contributed by atoms with Crippen molar-refractivity contribution >= 4 is 5.91 Å². The number of aromatic nitrogens is 1. The number of nitrogens with one attached hydrogen (secondary N) is 2. The SMILES string of the molecule is CCNC(c1ccn(CC(=O)NC)c1)C1CC1. The van der Waals surface area contributed by atoms with E-state index in [-0.39, 0.29) is 5.91 Å². The van der Waals surface area contributed by atoms with E-state index >= 15 is 0 Å². The molecule has 1 saturated carbocycles. The molecule has 1 atom stereocenters. The van der Waals surface area contributed by atoms with Gasteiger partial charge in [-0.05, 0) is 36.9 Å². The second-order valence-corrected chi connectivity index (χ2v) is 4.66. The van der Waals surface area contributed by atoms with Gasteiger partial charge in [0.05, 0.1) is 0 Å². The van der Waals surface area contributed by atoms with E-state index in [1.54, 1.807) is 7.05 Å². The van der Waals surface area contributed by atoms with Gasteiger partial charge in [-0.15, -0.1) is 0 Å². The Labute approximate surface area is 102 Å². The Kier molecular flexibility index (Phi) is 3.84. The summed E-state index contributed by atoms with van der Waals surface area (Å²) in [5.74, 6) is 0.823. The van der Waals surface area contributed by atoms with Crippen LogP contribution in [-0.4, -0.2) is 24.1 Å². The van der Waals surface area contributed by atoms with Crippen LogP contribution in [-0.2, 0) is 11.3 Å². The lowest BCUT2D eigenvalue weighted by atomic mass is 10.1. The summed E-state index contributed by atoms with van der Waals surface area (Å²) in [4.78, 5) is 11.3. The van der Waals surface area contributed by atoms with Crippen molar-refractivity contribution in [2.45, 2.75) is 32.4 Å². The van der Waals surface area contributed by atoms with Crippen LogP contribution in [0.4, 0.5) is 0 Å². The summed E-state index contributed by atoms with van der Waals surface area (Å²) in [7, 11) is 1.67. The number of carbonyl (C=O) groups excluding carboxylic acids is 1. The fourth-order valence-corrected chi connectivity index (χ4v) is 2.19. The molecule has 1 aliphatic carbocycles. The Hall–Kier alpha value is -1.29. The molecule has 0 aromatic carbocycles. The molecule has 4 heteroatoms. The molecular weight excluding hydrogens is 214 g/mol. The van der Waals surface area contributed by atoms with Crippen LogP contribution in [0.1, 0.15) is 31.4 Å². The summed E-state index contributed by atoms with van der Waals surface area (Å²) in [5.41, 5.74) is 1.30. The third-order valence-corrected chi connectivity index (χ3v) is 3.25. The number of likely N-dealkylation sites (N-methyl/N-ethyl adjacent to an activating group) is 1. The lowest BCUT2D eigenvalue weighted by Crippen LogP contribution is -2.23. The number of nitrogens with zero attached hydrogens (tertiary/aromatic N) is 1. The minimum Gasteiger partial charge on any atom is -0.358 e. The van der Waals surface area contributed by atoms with Gasteiger partial charge in [0.25, 0.3) is 0 Å². The molecule has 94 valence electrons. The molecule has 2 rings (SSSR count). The third-order valence-electron chi connectivity index (χ3n) is 3.25. The third kappa shape index (κ3) is 3.09. The maximum Gasteiger partial charge on any atom is 0.239 e. The van der Waals surface area contributed by atoms with Gasteiger partial charge in [-0.1, -0.05) is 6.92 Å². The summed E-state index contributed by atoms with van der Waals surface area (Å²) in [6.45, 7) is 3.53. The van der Waals surface area contributed by atoms with Crippen LogP contribution < -0.4 is 10.6 Å². The molecule has 1 aromatic heterocycles. The first kappa shape index (κ1) is 12.2. The standard InChI is InChI=1S/C13H21N3O/c1-3-15-13(10-4-5-10)11-6-7-16(8-11)9-12(17)14-2/h6-8,10,13,15H,3-5,9H2,1-2H3,(H,14,17). The van der Waals surface area contributed by atoms with E-state index in [0.717, 1.165) is 12.5 Å². The van der Waals surface area contributed by atoms with E-state index in [4.69, 9.17) is 0 Å². The van der Waals surface area contributed by atoms with Crippen molar-refractivity contribution in [1.29, 1.82) is 0 Å². The Morgan fingerprint density at radius 2 is 2.35 bits per heavy atom. The lowest BCUT2D eigenvalue weighted by molar-refractivity contribution is -0.121.